The fourth-order valence-electron chi connectivity index (χ4n) is 2.66. The van der Waals surface area contributed by atoms with Crippen LogP contribution in [-0.2, 0) is 10.1 Å². The monoisotopic (exact) mass is 283 g/mol. The van der Waals surface area contributed by atoms with E-state index >= 15 is 0 Å². The van der Waals surface area contributed by atoms with Gasteiger partial charge in [0.25, 0.3) is 10.1 Å². The number of benzene rings is 1. The van der Waals surface area contributed by atoms with Gasteiger partial charge in [-0.05, 0) is 50.9 Å². The molecule has 0 radical (unpaired) electrons. The zero-order valence-corrected chi connectivity index (χ0v) is 11.8. The van der Waals surface area contributed by atoms with E-state index in [2.05, 4.69) is 4.90 Å². The van der Waals surface area contributed by atoms with Crippen LogP contribution in [0.2, 0.25) is 0 Å². The summed E-state index contributed by atoms with van der Waals surface area (Å²) >= 11 is 0. The van der Waals surface area contributed by atoms with Gasteiger partial charge in [-0.1, -0.05) is 30.3 Å². The highest BCUT2D eigenvalue weighted by Gasteiger charge is 2.24. The number of rotatable bonds is 6. The average Bonchev–Trinajstić information content (AvgIpc) is 2.87. The first-order valence-electron chi connectivity index (χ1n) is 6.81. The van der Waals surface area contributed by atoms with Crippen molar-refractivity contribution in [2.24, 2.45) is 0 Å². The molecule has 1 aromatic carbocycles. The van der Waals surface area contributed by atoms with Crippen molar-refractivity contribution < 1.29 is 13.0 Å². The molecule has 1 N–H and O–H groups in total. The van der Waals surface area contributed by atoms with E-state index in [4.69, 9.17) is 0 Å². The van der Waals surface area contributed by atoms with Gasteiger partial charge >= 0.3 is 0 Å². The molecule has 106 valence electrons. The van der Waals surface area contributed by atoms with Crippen molar-refractivity contribution in [3.63, 3.8) is 0 Å². The van der Waals surface area contributed by atoms with Gasteiger partial charge < -0.3 is 4.90 Å². The number of hydrogen-bond donors (Lipinski definition) is 1. The molecule has 0 amide bonds. The van der Waals surface area contributed by atoms with Gasteiger partial charge in [-0.25, -0.2) is 0 Å². The van der Waals surface area contributed by atoms with Crippen LogP contribution in [-0.4, -0.2) is 37.5 Å². The van der Waals surface area contributed by atoms with Crippen LogP contribution >= 0.6 is 0 Å². The van der Waals surface area contributed by atoms with E-state index in [9.17, 15) is 13.0 Å². The highest BCUT2D eigenvalue weighted by atomic mass is 32.2. The molecule has 2 rings (SSSR count). The van der Waals surface area contributed by atoms with Gasteiger partial charge in [0.15, 0.2) is 0 Å². The molecule has 1 unspecified atom stereocenters. The smallest absolute Gasteiger partial charge is 0.271 e. The summed E-state index contributed by atoms with van der Waals surface area (Å²) in [4.78, 5) is 2.35. The first-order chi connectivity index (χ1) is 9.07. The average molecular weight is 283 g/mol. The molecular weight excluding hydrogens is 262 g/mol. The molecule has 0 saturated carbocycles. The van der Waals surface area contributed by atoms with Crippen LogP contribution in [0.15, 0.2) is 30.3 Å². The van der Waals surface area contributed by atoms with E-state index in [-0.39, 0.29) is 0 Å². The second-order valence-corrected chi connectivity index (χ2v) is 6.70. The Morgan fingerprint density at radius 2 is 1.79 bits per heavy atom. The molecule has 1 fully saturated rings. The summed E-state index contributed by atoms with van der Waals surface area (Å²) in [5, 5.41) is -0.795. The molecule has 0 spiro atoms. The third kappa shape index (κ3) is 4.30. The predicted octanol–water partition coefficient (Wildman–Crippen LogP) is 2.49. The first-order valence-corrected chi connectivity index (χ1v) is 8.31. The van der Waals surface area contributed by atoms with Gasteiger partial charge in [-0.15, -0.1) is 0 Å². The normalized spacial score (nSPS) is 18.6. The minimum absolute atomic E-state index is 0.472. The van der Waals surface area contributed by atoms with Crippen LogP contribution in [0.4, 0.5) is 0 Å². The van der Waals surface area contributed by atoms with Gasteiger partial charge in [0.05, 0.1) is 0 Å². The van der Waals surface area contributed by atoms with E-state index < -0.39 is 15.4 Å². The van der Waals surface area contributed by atoms with Crippen LogP contribution in [0.3, 0.4) is 0 Å². The Labute approximate surface area is 115 Å². The summed E-state index contributed by atoms with van der Waals surface area (Å²) in [6, 6.07) is 8.96. The number of likely N-dealkylation sites (tertiary alicyclic amines) is 1. The molecule has 1 saturated heterocycles. The van der Waals surface area contributed by atoms with Crippen molar-refractivity contribution in [3.8, 4) is 0 Å². The molecule has 0 bridgehead atoms. The molecule has 4 nitrogen and oxygen atoms in total. The fraction of sp³-hybridized carbons (Fsp3) is 0.571. The molecule has 1 aliphatic heterocycles. The highest BCUT2D eigenvalue weighted by molar-refractivity contribution is 7.86. The van der Waals surface area contributed by atoms with E-state index in [0.29, 0.717) is 12.0 Å². The molecule has 0 aliphatic carbocycles. The fourth-order valence-corrected chi connectivity index (χ4v) is 3.63. The Morgan fingerprint density at radius 3 is 2.37 bits per heavy atom. The summed E-state index contributed by atoms with van der Waals surface area (Å²) in [5.41, 5.74) is 0.673. The van der Waals surface area contributed by atoms with E-state index in [0.717, 1.165) is 26.1 Å². The Morgan fingerprint density at radius 1 is 1.16 bits per heavy atom. The zero-order valence-electron chi connectivity index (χ0n) is 11.0. The van der Waals surface area contributed by atoms with Crippen molar-refractivity contribution in [3.05, 3.63) is 35.9 Å². The lowest BCUT2D eigenvalue weighted by Crippen LogP contribution is -2.22. The van der Waals surface area contributed by atoms with E-state index in [1.165, 1.54) is 12.8 Å². The SMILES string of the molecule is O=S(=O)(O)C(CCCN1CCCC1)c1ccccc1. The summed E-state index contributed by atoms with van der Waals surface area (Å²) in [6.45, 7) is 3.14. The lowest BCUT2D eigenvalue weighted by Gasteiger charge is -2.17. The van der Waals surface area contributed by atoms with Gasteiger partial charge in [0, 0.05) is 0 Å². The van der Waals surface area contributed by atoms with Crippen molar-refractivity contribution in [1.29, 1.82) is 0 Å². The molecule has 0 aromatic heterocycles. The number of hydrogen-bond acceptors (Lipinski definition) is 3. The Bertz CT molecular complexity index is 481. The maximum Gasteiger partial charge on any atom is 0.271 e. The van der Waals surface area contributed by atoms with E-state index in [1.54, 1.807) is 24.3 Å². The zero-order chi connectivity index (χ0) is 13.7. The van der Waals surface area contributed by atoms with Gasteiger partial charge in [0.2, 0.25) is 0 Å². The standard InChI is InChI=1S/C14H21NO3S/c16-19(17,18)14(13-7-2-1-3-8-13)9-6-12-15-10-4-5-11-15/h1-3,7-8,14H,4-6,9-12H2,(H,16,17,18). The minimum Gasteiger partial charge on any atom is -0.303 e. The summed E-state index contributed by atoms with van der Waals surface area (Å²) in [7, 11) is -4.03. The van der Waals surface area contributed by atoms with Crippen LogP contribution in [0.1, 0.15) is 36.5 Å². The quantitative estimate of drug-likeness (QED) is 0.815. The summed E-state index contributed by atoms with van der Waals surface area (Å²) in [5.74, 6) is 0. The Balaban J connectivity index is 1.95. The van der Waals surface area contributed by atoms with Crippen molar-refractivity contribution in [2.75, 3.05) is 19.6 Å². The van der Waals surface area contributed by atoms with Crippen LogP contribution in [0.25, 0.3) is 0 Å². The second kappa shape index (κ2) is 6.50. The predicted molar refractivity (Wildman–Crippen MR) is 75.6 cm³/mol. The highest BCUT2D eigenvalue weighted by Crippen LogP contribution is 2.26. The van der Waals surface area contributed by atoms with Crippen molar-refractivity contribution in [2.45, 2.75) is 30.9 Å². The maximum absolute atomic E-state index is 11.5. The maximum atomic E-state index is 11.5. The molecular formula is C14H21NO3S. The van der Waals surface area contributed by atoms with Gasteiger partial charge in [-0.2, -0.15) is 8.42 Å². The third-order valence-corrected chi connectivity index (χ3v) is 4.90. The molecule has 1 atom stereocenters. The lowest BCUT2D eigenvalue weighted by molar-refractivity contribution is 0.327. The van der Waals surface area contributed by atoms with Crippen molar-refractivity contribution in [1.82, 2.24) is 4.90 Å². The topological polar surface area (TPSA) is 57.6 Å². The van der Waals surface area contributed by atoms with Crippen molar-refractivity contribution >= 4 is 10.1 Å². The molecule has 1 aromatic rings. The molecule has 5 heteroatoms. The molecule has 1 heterocycles. The lowest BCUT2D eigenvalue weighted by atomic mass is 10.1. The van der Waals surface area contributed by atoms with E-state index in [1.807, 2.05) is 6.07 Å². The Hall–Kier alpha value is -0.910. The van der Waals surface area contributed by atoms with Crippen LogP contribution < -0.4 is 0 Å². The molecule has 1 aliphatic rings. The van der Waals surface area contributed by atoms with Gasteiger partial charge in [-0.3, -0.25) is 4.55 Å². The van der Waals surface area contributed by atoms with Gasteiger partial charge in [0.1, 0.15) is 5.25 Å². The second-order valence-electron chi connectivity index (χ2n) is 5.11. The minimum atomic E-state index is -4.03. The summed E-state index contributed by atoms with van der Waals surface area (Å²) < 4.78 is 32.4. The third-order valence-electron chi connectivity index (χ3n) is 3.67. The summed E-state index contributed by atoms with van der Waals surface area (Å²) in [6.07, 6.45) is 3.74. The van der Waals surface area contributed by atoms with Crippen LogP contribution in [0.5, 0.6) is 0 Å². The van der Waals surface area contributed by atoms with Crippen LogP contribution in [0, 0.1) is 0 Å². The number of nitrogens with zero attached hydrogens (tertiary/aromatic N) is 1. The largest absolute Gasteiger partial charge is 0.303 e. The Kier molecular flexibility index (Phi) is 4.96. The molecule has 19 heavy (non-hydrogen) atoms. The first kappa shape index (κ1) is 14.5.